The molecule has 30 heavy (non-hydrogen) atoms. The molecular formula is C26H30N2O2. The van der Waals surface area contributed by atoms with Gasteiger partial charge in [0, 0.05) is 25.4 Å². The van der Waals surface area contributed by atoms with Crippen molar-refractivity contribution in [2.45, 2.75) is 25.2 Å². The normalized spacial score (nSPS) is 10.9. The Kier molecular flexibility index (Phi) is 8.04. The van der Waals surface area contributed by atoms with Gasteiger partial charge in [-0.25, -0.2) is 0 Å². The summed E-state index contributed by atoms with van der Waals surface area (Å²) in [5, 5.41) is 9.51. The first kappa shape index (κ1) is 21.6. The summed E-state index contributed by atoms with van der Waals surface area (Å²) in [7, 11) is 0. The van der Waals surface area contributed by atoms with E-state index in [1.165, 1.54) is 11.1 Å². The van der Waals surface area contributed by atoms with E-state index in [0.29, 0.717) is 32.5 Å². The van der Waals surface area contributed by atoms with Gasteiger partial charge in [-0.15, -0.1) is 0 Å². The van der Waals surface area contributed by atoms with E-state index in [9.17, 15) is 9.90 Å². The number of benzene rings is 3. The minimum absolute atomic E-state index is 0.106. The first-order chi connectivity index (χ1) is 14.7. The van der Waals surface area contributed by atoms with Crippen molar-refractivity contribution in [3.05, 3.63) is 102 Å². The molecule has 0 aliphatic heterocycles. The van der Waals surface area contributed by atoms with Crippen LogP contribution < -0.4 is 5.73 Å². The van der Waals surface area contributed by atoms with Gasteiger partial charge in [0.1, 0.15) is 5.75 Å². The molecule has 0 aliphatic rings. The second-order valence-electron chi connectivity index (χ2n) is 7.52. The maximum Gasteiger partial charge on any atom is 0.222 e. The minimum atomic E-state index is 0.106. The summed E-state index contributed by atoms with van der Waals surface area (Å²) in [6, 6.07) is 27.9. The summed E-state index contributed by atoms with van der Waals surface area (Å²) in [4.78, 5) is 15.0. The van der Waals surface area contributed by atoms with Gasteiger partial charge in [-0.1, -0.05) is 72.8 Å². The minimum Gasteiger partial charge on any atom is -0.508 e. The van der Waals surface area contributed by atoms with E-state index < -0.39 is 0 Å². The number of rotatable bonds is 10. The molecule has 0 heterocycles. The molecule has 0 aliphatic carbocycles. The van der Waals surface area contributed by atoms with E-state index in [4.69, 9.17) is 5.73 Å². The lowest BCUT2D eigenvalue weighted by atomic mass is 9.90. The van der Waals surface area contributed by atoms with E-state index in [-0.39, 0.29) is 17.6 Å². The highest BCUT2D eigenvalue weighted by Crippen LogP contribution is 2.26. The molecule has 4 heteroatoms. The molecule has 0 saturated heterocycles. The molecule has 3 aromatic carbocycles. The SMILES string of the molecule is NCCCC(=O)N(CCc1ccc(O)cc1)CC(c1ccccc1)c1ccccc1. The van der Waals surface area contributed by atoms with Gasteiger partial charge in [0.15, 0.2) is 0 Å². The lowest BCUT2D eigenvalue weighted by Crippen LogP contribution is -2.37. The quantitative estimate of drug-likeness (QED) is 0.530. The Hall–Kier alpha value is -3.11. The Labute approximate surface area is 179 Å². The van der Waals surface area contributed by atoms with E-state index in [2.05, 4.69) is 24.3 Å². The van der Waals surface area contributed by atoms with Crippen molar-refractivity contribution >= 4 is 5.91 Å². The molecule has 0 spiro atoms. The van der Waals surface area contributed by atoms with Gasteiger partial charge in [0.2, 0.25) is 5.91 Å². The molecule has 0 atom stereocenters. The molecule has 1 amide bonds. The third-order valence-electron chi connectivity index (χ3n) is 5.36. The predicted molar refractivity (Wildman–Crippen MR) is 121 cm³/mol. The molecule has 0 unspecified atom stereocenters. The number of nitrogens with zero attached hydrogens (tertiary/aromatic N) is 1. The Morgan fingerprint density at radius 3 is 1.97 bits per heavy atom. The number of nitrogens with two attached hydrogens (primary N) is 1. The summed E-state index contributed by atoms with van der Waals surface area (Å²) in [5.74, 6) is 0.494. The summed E-state index contributed by atoms with van der Waals surface area (Å²) in [6.07, 6.45) is 1.89. The molecule has 0 bridgehead atoms. The molecule has 3 aromatic rings. The molecule has 3 rings (SSSR count). The second kappa shape index (κ2) is 11.2. The summed E-state index contributed by atoms with van der Waals surface area (Å²) >= 11 is 0. The van der Waals surface area contributed by atoms with Gasteiger partial charge < -0.3 is 15.7 Å². The Morgan fingerprint density at radius 2 is 1.43 bits per heavy atom. The average Bonchev–Trinajstić information content (AvgIpc) is 2.80. The number of phenols is 1. The largest absolute Gasteiger partial charge is 0.508 e. The van der Waals surface area contributed by atoms with Gasteiger partial charge in [0.05, 0.1) is 0 Å². The van der Waals surface area contributed by atoms with Crippen LogP contribution in [0.2, 0.25) is 0 Å². The topological polar surface area (TPSA) is 66.6 Å². The molecule has 0 radical (unpaired) electrons. The van der Waals surface area contributed by atoms with Crippen LogP contribution in [0.5, 0.6) is 5.75 Å². The fraction of sp³-hybridized carbons (Fsp3) is 0.269. The standard InChI is InChI=1S/C26H30N2O2/c27-18-7-12-26(30)28(19-17-21-13-15-24(29)16-14-21)20-25(22-8-3-1-4-9-22)23-10-5-2-6-11-23/h1-6,8-11,13-16,25,29H,7,12,17-20,27H2. The molecule has 0 aromatic heterocycles. The van der Waals surface area contributed by atoms with Crippen LogP contribution in [-0.4, -0.2) is 35.5 Å². The zero-order valence-electron chi connectivity index (χ0n) is 17.3. The molecular weight excluding hydrogens is 372 g/mol. The highest BCUT2D eigenvalue weighted by Gasteiger charge is 2.21. The molecule has 3 N–H and O–H groups in total. The van der Waals surface area contributed by atoms with E-state index in [1.54, 1.807) is 12.1 Å². The van der Waals surface area contributed by atoms with Crippen LogP contribution in [0.25, 0.3) is 0 Å². The van der Waals surface area contributed by atoms with Crippen LogP contribution in [-0.2, 0) is 11.2 Å². The molecule has 156 valence electrons. The first-order valence-corrected chi connectivity index (χ1v) is 10.5. The maximum atomic E-state index is 13.0. The van der Waals surface area contributed by atoms with Crippen molar-refractivity contribution < 1.29 is 9.90 Å². The van der Waals surface area contributed by atoms with Crippen molar-refractivity contribution in [3.8, 4) is 5.75 Å². The van der Waals surface area contributed by atoms with E-state index >= 15 is 0 Å². The van der Waals surface area contributed by atoms with E-state index in [0.717, 1.165) is 12.0 Å². The van der Waals surface area contributed by atoms with Gasteiger partial charge in [-0.05, 0) is 48.2 Å². The number of amides is 1. The second-order valence-corrected chi connectivity index (χ2v) is 7.52. The van der Waals surface area contributed by atoms with Crippen LogP contribution in [0, 0.1) is 0 Å². The van der Waals surface area contributed by atoms with Gasteiger partial charge in [-0.3, -0.25) is 4.79 Å². The molecule has 0 saturated carbocycles. The van der Waals surface area contributed by atoms with E-state index in [1.807, 2.05) is 53.4 Å². The van der Waals surface area contributed by atoms with Gasteiger partial charge in [0.25, 0.3) is 0 Å². The number of aromatic hydroxyl groups is 1. The molecule has 4 nitrogen and oxygen atoms in total. The van der Waals surface area contributed by atoms with Crippen LogP contribution in [0.4, 0.5) is 0 Å². The van der Waals surface area contributed by atoms with Crippen LogP contribution in [0.15, 0.2) is 84.9 Å². The fourth-order valence-corrected chi connectivity index (χ4v) is 3.65. The number of phenolic OH excluding ortho intramolecular Hbond substituents is 1. The summed E-state index contributed by atoms with van der Waals surface area (Å²) in [5.41, 5.74) is 9.14. The van der Waals surface area contributed by atoms with Crippen molar-refractivity contribution in [2.75, 3.05) is 19.6 Å². The van der Waals surface area contributed by atoms with Crippen LogP contribution >= 0.6 is 0 Å². The van der Waals surface area contributed by atoms with Crippen molar-refractivity contribution in [2.24, 2.45) is 5.73 Å². The first-order valence-electron chi connectivity index (χ1n) is 10.5. The lowest BCUT2D eigenvalue weighted by Gasteiger charge is -2.29. The number of hydrogen-bond donors (Lipinski definition) is 2. The Bertz CT molecular complexity index is 856. The highest BCUT2D eigenvalue weighted by molar-refractivity contribution is 5.76. The number of carbonyl (C=O) groups excluding carboxylic acids is 1. The van der Waals surface area contributed by atoms with Crippen molar-refractivity contribution in [1.82, 2.24) is 4.90 Å². The lowest BCUT2D eigenvalue weighted by molar-refractivity contribution is -0.131. The Morgan fingerprint density at radius 1 is 0.867 bits per heavy atom. The van der Waals surface area contributed by atoms with Crippen LogP contribution in [0.1, 0.15) is 35.4 Å². The Balaban J connectivity index is 1.82. The van der Waals surface area contributed by atoms with Crippen LogP contribution in [0.3, 0.4) is 0 Å². The smallest absolute Gasteiger partial charge is 0.222 e. The summed E-state index contributed by atoms with van der Waals surface area (Å²) < 4.78 is 0. The number of carbonyl (C=O) groups is 1. The van der Waals surface area contributed by atoms with Gasteiger partial charge in [-0.2, -0.15) is 0 Å². The zero-order valence-corrected chi connectivity index (χ0v) is 17.3. The summed E-state index contributed by atoms with van der Waals surface area (Å²) in [6.45, 7) is 1.76. The van der Waals surface area contributed by atoms with Gasteiger partial charge >= 0.3 is 0 Å². The predicted octanol–water partition coefficient (Wildman–Crippen LogP) is 4.33. The third-order valence-corrected chi connectivity index (χ3v) is 5.36. The number of hydrogen-bond acceptors (Lipinski definition) is 3. The van der Waals surface area contributed by atoms with Crippen molar-refractivity contribution in [3.63, 3.8) is 0 Å². The fourth-order valence-electron chi connectivity index (χ4n) is 3.65. The zero-order chi connectivity index (χ0) is 21.2. The average molecular weight is 403 g/mol. The monoisotopic (exact) mass is 402 g/mol. The molecule has 0 fully saturated rings. The van der Waals surface area contributed by atoms with Crippen molar-refractivity contribution in [1.29, 1.82) is 0 Å². The highest BCUT2D eigenvalue weighted by atomic mass is 16.3. The maximum absolute atomic E-state index is 13.0. The third kappa shape index (κ3) is 6.19.